The fraction of sp³-hybridized carbons (Fsp3) is 0.706. The van der Waals surface area contributed by atoms with Gasteiger partial charge in [0.1, 0.15) is 0 Å². The Hall–Kier alpha value is -1.29. The quantitative estimate of drug-likeness (QED) is 0.876. The number of aliphatic hydroxyl groups is 1. The van der Waals surface area contributed by atoms with Gasteiger partial charge in [-0.15, -0.1) is 0 Å². The molecule has 1 aromatic rings. The monoisotopic (exact) mass is 292 g/mol. The van der Waals surface area contributed by atoms with Gasteiger partial charge in [0.05, 0.1) is 6.10 Å². The molecule has 21 heavy (non-hydrogen) atoms. The molecular weight excluding hydrogens is 264 g/mol. The Morgan fingerprint density at radius 2 is 2.24 bits per heavy atom. The second-order valence-electron chi connectivity index (χ2n) is 7.42. The van der Waals surface area contributed by atoms with Crippen molar-refractivity contribution in [1.29, 1.82) is 0 Å². The molecule has 0 saturated heterocycles. The Bertz CT molecular complexity index is 503. The molecule has 1 unspecified atom stereocenters. The van der Waals surface area contributed by atoms with Crippen LogP contribution >= 0.6 is 0 Å². The van der Waals surface area contributed by atoms with E-state index in [0.717, 1.165) is 24.9 Å². The summed E-state index contributed by atoms with van der Waals surface area (Å²) >= 11 is 0. The summed E-state index contributed by atoms with van der Waals surface area (Å²) < 4.78 is 2.13. The van der Waals surface area contributed by atoms with Gasteiger partial charge in [0.2, 0.25) is 5.91 Å². The van der Waals surface area contributed by atoms with Crippen LogP contribution in [0, 0.1) is 11.3 Å². The van der Waals surface area contributed by atoms with Crippen LogP contribution in [0.5, 0.6) is 0 Å². The highest BCUT2D eigenvalue weighted by Crippen LogP contribution is 2.41. The molecule has 4 heteroatoms. The maximum Gasteiger partial charge on any atom is 0.221 e. The smallest absolute Gasteiger partial charge is 0.221 e. The minimum absolute atomic E-state index is 0.0989. The van der Waals surface area contributed by atoms with Gasteiger partial charge in [-0.05, 0) is 30.2 Å². The van der Waals surface area contributed by atoms with E-state index in [1.54, 1.807) is 0 Å². The molecule has 1 amide bonds. The highest BCUT2D eigenvalue weighted by molar-refractivity contribution is 5.75. The molecule has 1 heterocycles. The molecule has 2 rings (SSSR count). The van der Waals surface area contributed by atoms with Crippen LogP contribution in [0.3, 0.4) is 0 Å². The molecule has 0 aliphatic heterocycles. The van der Waals surface area contributed by atoms with Crippen LogP contribution in [-0.2, 0) is 17.8 Å². The number of rotatable bonds is 5. The van der Waals surface area contributed by atoms with Crippen molar-refractivity contribution in [3.63, 3.8) is 0 Å². The minimum atomic E-state index is -0.375. The number of hydrogen-bond acceptors (Lipinski definition) is 2. The third kappa shape index (κ3) is 4.10. The third-order valence-electron chi connectivity index (χ3n) is 4.15. The van der Waals surface area contributed by atoms with Crippen LogP contribution < -0.4 is 5.32 Å². The number of nitrogens with zero attached hydrogens (tertiary/aromatic N) is 1. The number of carbonyl (C=O) groups excluding carboxylic acids is 1. The number of amides is 1. The van der Waals surface area contributed by atoms with Crippen LogP contribution in [0.4, 0.5) is 0 Å². The molecule has 0 aromatic carbocycles. The van der Waals surface area contributed by atoms with Gasteiger partial charge >= 0.3 is 0 Å². The molecule has 0 bridgehead atoms. The molecule has 0 fully saturated rings. The van der Waals surface area contributed by atoms with Crippen molar-refractivity contribution in [1.82, 2.24) is 9.88 Å². The zero-order chi connectivity index (χ0) is 15.6. The summed E-state index contributed by atoms with van der Waals surface area (Å²) in [5, 5.41) is 13.2. The number of aromatic nitrogens is 1. The third-order valence-corrected chi connectivity index (χ3v) is 4.15. The molecule has 0 spiro atoms. The summed E-state index contributed by atoms with van der Waals surface area (Å²) in [5.74, 6) is 0.575. The second-order valence-corrected chi connectivity index (χ2v) is 7.42. The van der Waals surface area contributed by atoms with Gasteiger partial charge < -0.3 is 15.0 Å². The predicted octanol–water partition coefficient (Wildman–Crippen LogP) is 2.66. The van der Waals surface area contributed by atoms with Crippen molar-refractivity contribution in [2.75, 3.05) is 6.54 Å². The van der Waals surface area contributed by atoms with E-state index in [0.29, 0.717) is 18.9 Å². The fourth-order valence-corrected chi connectivity index (χ4v) is 3.03. The summed E-state index contributed by atoms with van der Waals surface area (Å²) in [7, 11) is 0. The predicted molar refractivity (Wildman–Crippen MR) is 84.0 cm³/mol. The first-order chi connectivity index (χ1) is 9.78. The molecule has 0 radical (unpaired) electrons. The lowest BCUT2D eigenvalue weighted by Crippen LogP contribution is -2.29. The highest BCUT2D eigenvalue weighted by atomic mass is 16.3. The summed E-state index contributed by atoms with van der Waals surface area (Å²) in [6, 6.07) is 2.00. The van der Waals surface area contributed by atoms with Gasteiger partial charge in [0.25, 0.3) is 0 Å². The van der Waals surface area contributed by atoms with Crippen molar-refractivity contribution in [2.24, 2.45) is 11.3 Å². The summed E-state index contributed by atoms with van der Waals surface area (Å²) in [5.41, 5.74) is 2.34. The average molecular weight is 292 g/mol. The number of aryl methyl sites for hydroxylation is 1. The van der Waals surface area contributed by atoms with Crippen LogP contribution in [0.15, 0.2) is 12.3 Å². The maximum absolute atomic E-state index is 11.8. The van der Waals surface area contributed by atoms with E-state index in [9.17, 15) is 9.90 Å². The number of carbonyl (C=O) groups is 1. The largest absolute Gasteiger partial charge is 0.388 e. The van der Waals surface area contributed by atoms with Gasteiger partial charge in [0.15, 0.2) is 0 Å². The minimum Gasteiger partial charge on any atom is -0.388 e. The van der Waals surface area contributed by atoms with E-state index < -0.39 is 0 Å². The molecule has 1 aromatic heterocycles. The lowest BCUT2D eigenvalue weighted by Gasteiger charge is -2.34. The molecule has 1 aliphatic carbocycles. The summed E-state index contributed by atoms with van der Waals surface area (Å²) in [6.07, 6.45) is 3.88. The number of nitrogens with one attached hydrogen (secondary N) is 1. The Kier molecular flexibility index (Phi) is 4.77. The van der Waals surface area contributed by atoms with E-state index in [-0.39, 0.29) is 17.4 Å². The maximum atomic E-state index is 11.8. The van der Waals surface area contributed by atoms with Crippen molar-refractivity contribution >= 4 is 5.91 Å². The van der Waals surface area contributed by atoms with Gasteiger partial charge in [-0.3, -0.25) is 4.79 Å². The van der Waals surface area contributed by atoms with Gasteiger partial charge in [-0.25, -0.2) is 0 Å². The number of aliphatic hydroxyl groups excluding tert-OH is 1. The van der Waals surface area contributed by atoms with E-state index in [1.807, 2.05) is 12.3 Å². The van der Waals surface area contributed by atoms with Gasteiger partial charge in [-0.1, -0.05) is 27.7 Å². The second kappa shape index (κ2) is 6.22. The van der Waals surface area contributed by atoms with E-state index in [4.69, 9.17) is 0 Å². The van der Waals surface area contributed by atoms with Gasteiger partial charge in [-0.2, -0.15) is 0 Å². The van der Waals surface area contributed by atoms with Crippen LogP contribution in [0.25, 0.3) is 0 Å². The average Bonchev–Trinajstić information content (AvgIpc) is 2.75. The van der Waals surface area contributed by atoms with Crippen molar-refractivity contribution in [3.05, 3.63) is 23.5 Å². The zero-order valence-corrected chi connectivity index (χ0v) is 13.6. The Labute approximate surface area is 127 Å². The van der Waals surface area contributed by atoms with Crippen molar-refractivity contribution in [3.8, 4) is 0 Å². The summed E-state index contributed by atoms with van der Waals surface area (Å²) in [4.78, 5) is 11.8. The van der Waals surface area contributed by atoms with Crippen LogP contribution in [0.2, 0.25) is 0 Å². The molecule has 1 aliphatic rings. The first kappa shape index (κ1) is 16.1. The molecule has 1 atom stereocenters. The van der Waals surface area contributed by atoms with Crippen molar-refractivity contribution in [2.45, 2.75) is 59.6 Å². The Morgan fingerprint density at radius 3 is 2.90 bits per heavy atom. The Balaban J connectivity index is 1.98. The van der Waals surface area contributed by atoms with Crippen LogP contribution in [0.1, 0.15) is 57.9 Å². The highest BCUT2D eigenvalue weighted by Gasteiger charge is 2.33. The van der Waals surface area contributed by atoms with Crippen molar-refractivity contribution < 1.29 is 9.90 Å². The standard InChI is InChI=1S/C17H28N2O2/c1-12(2)11-18-16(21)6-8-19-7-5-13-14(19)9-17(3,4)10-15(13)20/h5,7,12,15,20H,6,8-11H2,1-4H3,(H,18,21). The van der Waals surface area contributed by atoms with E-state index >= 15 is 0 Å². The van der Waals surface area contributed by atoms with Crippen LogP contribution in [-0.4, -0.2) is 22.1 Å². The Morgan fingerprint density at radius 1 is 1.52 bits per heavy atom. The lowest BCUT2D eigenvalue weighted by molar-refractivity contribution is -0.121. The number of hydrogen-bond donors (Lipinski definition) is 2. The SMILES string of the molecule is CC(C)CNC(=O)CCn1ccc2c1CC(C)(C)CC2O. The first-order valence-corrected chi connectivity index (χ1v) is 7.91. The number of fused-ring (bicyclic) bond motifs is 1. The summed E-state index contributed by atoms with van der Waals surface area (Å²) in [6.45, 7) is 9.96. The van der Waals surface area contributed by atoms with Gasteiger partial charge in [0, 0.05) is 37.0 Å². The first-order valence-electron chi connectivity index (χ1n) is 7.91. The molecule has 4 nitrogen and oxygen atoms in total. The zero-order valence-electron chi connectivity index (χ0n) is 13.6. The van der Waals surface area contributed by atoms with E-state index in [2.05, 4.69) is 37.6 Å². The fourth-order valence-electron chi connectivity index (χ4n) is 3.03. The topological polar surface area (TPSA) is 54.3 Å². The molecule has 0 saturated carbocycles. The molecular formula is C17H28N2O2. The van der Waals surface area contributed by atoms with E-state index in [1.165, 1.54) is 5.69 Å². The lowest BCUT2D eigenvalue weighted by atomic mass is 9.75. The molecule has 118 valence electrons. The normalized spacial score (nSPS) is 20.4. The molecule has 2 N–H and O–H groups in total.